The van der Waals surface area contributed by atoms with Gasteiger partial charge in [-0.3, -0.25) is 4.72 Å². The highest BCUT2D eigenvalue weighted by molar-refractivity contribution is 7.90. The van der Waals surface area contributed by atoms with E-state index in [4.69, 9.17) is 14.3 Å². The van der Waals surface area contributed by atoms with E-state index in [1.165, 1.54) is 11.0 Å². The molecule has 31 heavy (non-hydrogen) atoms. The first-order valence-corrected chi connectivity index (χ1v) is 10.8. The molecule has 1 heterocycles. The predicted molar refractivity (Wildman–Crippen MR) is 118 cm³/mol. The molecule has 0 fully saturated rings. The molecular formula is C21H23N3O6S. The number of hydrogen-bond acceptors (Lipinski definition) is 6. The summed E-state index contributed by atoms with van der Waals surface area (Å²) in [6, 6.07) is 9.92. The number of hydrogen-bond donors (Lipinski definition) is 2. The Kier molecular flexibility index (Phi) is 6.05. The van der Waals surface area contributed by atoms with Gasteiger partial charge in [0.2, 0.25) is 0 Å². The Morgan fingerprint density at radius 2 is 1.90 bits per heavy atom. The number of benzene rings is 2. The van der Waals surface area contributed by atoms with Gasteiger partial charge in [-0.05, 0) is 48.7 Å². The zero-order chi connectivity index (χ0) is 22.9. The van der Waals surface area contributed by atoms with E-state index in [0.717, 1.165) is 10.9 Å². The van der Waals surface area contributed by atoms with Crippen LogP contribution < -0.4 is 20.2 Å². The second-order valence-electron chi connectivity index (χ2n) is 7.39. The highest BCUT2D eigenvalue weighted by Gasteiger charge is 2.16. The van der Waals surface area contributed by atoms with Gasteiger partial charge in [0.15, 0.2) is 0 Å². The van der Waals surface area contributed by atoms with Crippen LogP contribution in [0, 0.1) is 13.8 Å². The Hall–Kier alpha value is -3.37. The minimum absolute atomic E-state index is 0.237. The van der Waals surface area contributed by atoms with Crippen LogP contribution in [0.25, 0.3) is 11.0 Å². The van der Waals surface area contributed by atoms with Gasteiger partial charge < -0.3 is 14.1 Å². The molecule has 0 aliphatic heterocycles. The molecular weight excluding hydrogens is 422 g/mol. The van der Waals surface area contributed by atoms with Crippen molar-refractivity contribution >= 4 is 33.0 Å². The zero-order valence-corrected chi connectivity index (χ0v) is 18.4. The third kappa shape index (κ3) is 5.22. The molecule has 0 unspecified atom stereocenters. The highest BCUT2D eigenvalue weighted by atomic mass is 32.2. The van der Waals surface area contributed by atoms with E-state index in [2.05, 4.69) is 4.72 Å². The monoisotopic (exact) mass is 445 g/mol. The summed E-state index contributed by atoms with van der Waals surface area (Å²) in [7, 11) is -0.760. The summed E-state index contributed by atoms with van der Waals surface area (Å²) in [6.07, 6.45) is -0.299. The van der Waals surface area contributed by atoms with Crippen molar-refractivity contribution in [2.45, 2.75) is 20.3 Å². The highest BCUT2D eigenvalue weighted by Crippen LogP contribution is 2.29. The number of anilines is 1. The lowest BCUT2D eigenvalue weighted by atomic mass is 9.98. The Bertz CT molecular complexity index is 1330. The third-order valence-corrected chi connectivity index (χ3v) is 5.23. The van der Waals surface area contributed by atoms with Crippen molar-refractivity contribution in [2.24, 2.45) is 5.14 Å². The minimum atomic E-state index is -3.90. The van der Waals surface area contributed by atoms with E-state index in [-0.39, 0.29) is 6.42 Å². The Balaban J connectivity index is 2.00. The normalized spacial score (nSPS) is 11.4. The van der Waals surface area contributed by atoms with Crippen molar-refractivity contribution in [3.8, 4) is 5.75 Å². The third-order valence-electron chi connectivity index (χ3n) is 4.71. The average Bonchev–Trinajstić information content (AvgIpc) is 2.65. The van der Waals surface area contributed by atoms with Gasteiger partial charge in [-0.2, -0.15) is 8.42 Å². The Morgan fingerprint density at radius 1 is 1.19 bits per heavy atom. The van der Waals surface area contributed by atoms with Crippen molar-refractivity contribution < 1.29 is 22.4 Å². The maximum Gasteiger partial charge on any atom is 0.414 e. The molecule has 10 heteroatoms. The van der Waals surface area contributed by atoms with Crippen LogP contribution in [-0.4, -0.2) is 33.5 Å². The fourth-order valence-corrected chi connectivity index (χ4v) is 3.59. The lowest BCUT2D eigenvalue weighted by Crippen LogP contribution is -2.25. The van der Waals surface area contributed by atoms with Crippen LogP contribution >= 0.6 is 0 Å². The molecule has 0 saturated carbocycles. The first kappa shape index (κ1) is 22.3. The van der Waals surface area contributed by atoms with Crippen LogP contribution in [0.2, 0.25) is 0 Å². The average molecular weight is 445 g/mol. The van der Waals surface area contributed by atoms with Crippen molar-refractivity contribution in [3.05, 3.63) is 69.1 Å². The largest absolute Gasteiger partial charge is 0.422 e. The molecule has 0 saturated heterocycles. The van der Waals surface area contributed by atoms with E-state index in [9.17, 15) is 18.0 Å². The van der Waals surface area contributed by atoms with Crippen LogP contribution in [0.4, 0.5) is 10.5 Å². The fourth-order valence-electron chi connectivity index (χ4n) is 3.14. The predicted octanol–water partition coefficient (Wildman–Crippen LogP) is 2.68. The number of ether oxygens (including phenoxy) is 1. The topological polar surface area (TPSA) is 132 Å². The van der Waals surface area contributed by atoms with E-state index in [1.54, 1.807) is 51.4 Å². The molecule has 2 aromatic carbocycles. The molecule has 3 rings (SSSR count). The van der Waals surface area contributed by atoms with Crippen LogP contribution in [0.15, 0.2) is 45.6 Å². The van der Waals surface area contributed by atoms with E-state index in [0.29, 0.717) is 33.7 Å². The summed E-state index contributed by atoms with van der Waals surface area (Å²) >= 11 is 0. The van der Waals surface area contributed by atoms with Crippen molar-refractivity contribution in [1.29, 1.82) is 0 Å². The van der Waals surface area contributed by atoms with E-state index >= 15 is 0 Å². The second kappa shape index (κ2) is 8.40. The van der Waals surface area contributed by atoms with Gasteiger partial charge >= 0.3 is 11.7 Å². The van der Waals surface area contributed by atoms with E-state index < -0.39 is 21.9 Å². The summed E-state index contributed by atoms with van der Waals surface area (Å²) in [4.78, 5) is 25.9. The lowest BCUT2D eigenvalue weighted by Gasteiger charge is -2.14. The minimum Gasteiger partial charge on any atom is -0.422 e. The van der Waals surface area contributed by atoms with Crippen LogP contribution in [0.1, 0.15) is 22.3 Å². The van der Waals surface area contributed by atoms with Gasteiger partial charge in [0.05, 0.1) is 5.69 Å². The molecule has 0 aliphatic carbocycles. The fraction of sp³-hybridized carbons (Fsp3) is 0.238. The molecule has 1 aromatic heterocycles. The molecule has 0 spiro atoms. The van der Waals surface area contributed by atoms with Crippen molar-refractivity contribution in [2.75, 3.05) is 18.8 Å². The summed E-state index contributed by atoms with van der Waals surface area (Å²) < 4.78 is 35.6. The summed E-state index contributed by atoms with van der Waals surface area (Å²) in [5, 5.41) is 5.73. The number of fused-ring (bicyclic) bond motifs is 1. The van der Waals surface area contributed by atoms with E-state index in [1.807, 2.05) is 6.92 Å². The number of rotatable bonds is 5. The quantitative estimate of drug-likeness (QED) is 0.580. The van der Waals surface area contributed by atoms with Gasteiger partial charge in [0.1, 0.15) is 11.3 Å². The first-order chi connectivity index (χ1) is 14.4. The molecule has 0 bridgehead atoms. The first-order valence-electron chi connectivity index (χ1n) is 9.30. The molecule has 0 atom stereocenters. The number of amides is 1. The van der Waals surface area contributed by atoms with Gasteiger partial charge in [-0.15, -0.1) is 0 Å². The summed E-state index contributed by atoms with van der Waals surface area (Å²) in [5.74, 6) is 0.309. The van der Waals surface area contributed by atoms with Crippen LogP contribution in [0.3, 0.4) is 0 Å². The van der Waals surface area contributed by atoms with Gasteiger partial charge in [0, 0.05) is 37.5 Å². The number of carbonyl (C=O) groups is 1. The maximum atomic E-state index is 12.7. The molecule has 0 radical (unpaired) electrons. The Labute approximate surface area is 179 Å². The van der Waals surface area contributed by atoms with Gasteiger partial charge in [-0.1, -0.05) is 12.1 Å². The van der Waals surface area contributed by atoms with Crippen LogP contribution in [-0.2, 0) is 16.6 Å². The molecule has 0 aliphatic rings. The number of nitrogens with zero attached hydrogens (tertiary/aromatic N) is 1. The van der Waals surface area contributed by atoms with Gasteiger partial charge in [0.25, 0.3) is 10.2 Å². The van der Waals surface area contributed by atoms with Crippen molar-refractivity contribution in [3.63, 3.8) is 0 Å². The number of nitrogens with one attached hydrogen (secondary N) is 1. The summed E-state index contributed by atoms with van der Waals surface area (Å²) in [6.45, 7) is 3.61. The maximum absolute atomic E-state index is 12.7. The second-order valence-corrected chi connectivity index (χ2v) is 8.69. The summed E-state index contributed by atoms with van der Waals surface area (Å²) in [5.41, 5.74) is 2.67. The molecule has 1 amide bonds. The number of carbonyl (C=O) groups excluding carboxylic acids is 1. The van der Waals surface area contributed by atoms with Crippen molar-refractivity contribution in [1.82, 2.24) is 4.90 Å². The molecule has 3 aromatic rings. The number of aryl methyl sites for hydroxylation is 2. The number of nitrogens with two attached hydrogens (primary N) is 1. The molecule has 3 N–H and O–H groups in total. The van der Waals surface area contributed by atoms with Gasteiger partial charge in [-0.25, -0.2) is 14.7 Å². The lowest BCUT2D eigenvalue weighted by molar-refractivity contribution is 0.171. The molecule has 9 nitrogen and oxygen atoms in total. The molecule has 164 valence electrons. The Morgan fingerprint density at radius 3 is 2.55 bits per heavy atom. The van der Waals surface area contributed by atoms with Crippen LogP contribution in [0.5, 0.6) is 5.75 Å². The SMILES string of the molecule is Cc1cc2c(C)c(Cc3cccc(NS(N)(=O)=O)c3)c(=O)oc2cc1OC(=O)N(C)C. The zero-order valence-electron chi connectivity index (χ0n) is 17.6. The smallest absolute Gasteiger partial charge is 0.414 e. The standard InChI is InChI=1S/C21H23N3O6S/c1-12-8-16-13(2)17(10-14-6-5-7-15(9-14)23-31(22,27)28)20(25)29-19(16)11-18(12)30-21(26)24(3)4/h5-9,11,23H,10H2,1-4H3,(H2,22,27,28).